The summed E-state index contributed by atoms with van der Waals surface area (Å²) in [6, 6.07) is 14.0. The molecule has 5 N–H and O–H groups in total. The van der Waals surface area contributed by atoms with Crippen LogP contribution in [0.2, 0.25) is 5.02 Å². The van der Waals surface area contributed by atoms with Gasteiger partial charge in [0.25, 0.3) is 0 Å². The van der Waals surface area contributed by atoms with Crippen LogP contribution < -0.4 is 21.1 Å². The predicted molar refractivity (Wildman–Crippen MR) is 159 cm³/mol. The maximum atomic E-state index is 13.8. The van der Waals surface area contributed by atoms with Crippen LogP contribution in [0.15, 0.2) is 78.0 Å². The minimum Gasteiger partial charge on any atom is -0.429 e. The Bertz CT molecular complexity index is 1630. The van der Waals surface area contributed by atoms with Crippen LogP contribution >= 0.6 is 11.6 Å². The Labute approximate surface area is 254 Å². The lowest BCUT2D eigenvalue weighted by atomic mass is 10.1. The number of aromatic nitrogens is 1. The van der Waals surface area contributed by atoms with E-state index in [9.17, 15) is 28.0 Å². The fraction of sp³-hybridized carbons (Fsp3) is 0.310. The van der Waals surface area contributed by atoms with Crippen LogP contribution in [-0.4, -0.2) is 59.6 Å². The number of amides is 3. The molecule has 1 aliphatic rings. The van der Waals surface area contributed by atoms with E-state index in [0.717, 1.165) is 15.9 Å². The highest BCUT2D eigenvalue weighted by Crippen LogP contribution is 2.21. The maximum Gasteiger partial charge on any atom is 0.248 e. The van der Waals surface area contributed by atoms with Gasteiger partial charge in [-0.1, -0.05) is 48.0 Å². The lowest BCUT2D eigenvalue weighted by Crippen LogP contribution is -2.54. The first kappa shape index (κ1) is 31.9. The van der Waals surface area contributed by atoms with Crippen LogP contribution in [0.1, 0.15) is 36.0 Å². The zero-order valence-electron chi connectivity index (χ0n) is 23.2. The molecule has 2 atom stereocenters. The third-order valence-electron chi connectivity index (χ3n) is 6.93. The van der Waals surface area contributed by atoms with E-state index in [4.69, 9.17) is 17.3 Å². The van der Waals surface area contributed by atoms with E-state index in [-0.39, 0.29) is 25.0 Å². The quantitative estimate of drug-likeness (QED) is 0.232. The van der Waals surface area contributed by atoms with Crippen molar-refractivity contribution in [1.82, 2.24) is 19.7 Å². The van der Waals surface area contributed by atoms with Gasteiger partial charge in [-0.25, -0.2) is 22.9 Å². The van der Waals surface area contributed by atoms with Gasteiger partial charge < -0.3 is 21.2 Å². The first-order chi connectivity index (χ1) is 20.5. The highest BCUT2D eigenvalue weighted by Gasteiger charge is 2.39. The molecule has 1 aliphatic heterocycles. The Morgan fingerprint density at radius 1 is 1.07 bits per heavy atom. The van der Waals surface area contributed by atoms with Crippen LogP contribution in [0, 0.1) is 0 Å². The molecule has 0 spiro atoms. The number of sulfonamides is 1. The fourth-order valence-electron chi connectivity index (χ4n) is 4.84. The molecule has 0 unspecified atom stereocenters. The van der Waals surface area contributed by atoms with Gasteiger partial charge >= 0.3 is 0 Å². The van der Waals surface area contributed by atoms with Gasteiger partial charge in [-0.15, -0.1) is 0 Å². The van der Waals surface area contributed by atoms with E-state index >= 15 is 0 Å². The summed E-state index contributed by atoms with van der Waals surface area (Å²) in [6.07, 6.45) is 2.84. The van der Waals surface area contributed by atoms with Crippen molar-refractivity contribution in [2.45, 2.75) is 50.2 Å². The Kier molecular flexibility index (Phi) is 10.7. The van der Waals surface area contributed by atoms with Crippen molar-refractivity contribution in [3.8, 4) is 0 Å². The Hall–Kier alpha value is -4.04. The molecule has 3 aromatic rings. The molecule has 1 aromatic heterocycles. The van der Waals surface area contributed by atoms with Gasteiger partial charge in [-0.3, -0.25) is 14.4 Å². The average molecular weight is 629 g/mol. The van der Waals surface area contributed by atoms with E-state index in [1.807, 2.05) is 0 Å². The smallest absolute Gasteiger partial charge is 0.248 e. The van der Waals surface area contributed by atoms with Crippen LogP contribution in [0.25, 0.3) is 0 Å². The third kappa shape index (κ3) is 8.97. The monoisotopic (exact) mass is 628 g/mol. The number of halogens is 1. The summed E-state index contributed by atoms with van der Waals surface area (Å²) < 4.78 is 29.4. The van der Waals surface area contributed by atoms with Gasteiger partial charge in [0.05, 0.1) is 17.5 Å². The normalized spacial score (nSPS) is 15.6. The second-order valence-electron chi connectivity index (χ2n) is 10.1. The minimum absolute atomic E-state index is 0.139. The fourth-order valence-corrected chi connectivity index (χ4v) is 6.37. The number of carbonyl (C=O) groups is 3. The SMILES string of the molecule is NCc1ccc(Cl)cc1CNC(=O)[C@@H]1CCCN1C(=O)[C@@H](CC(=O)N=c1ccn(O)cc1)NS(=O)(=O)Cc1ccccc1. The number of benzene rings is 2. The molecular weight excluding hydrogens is 596 g/mol. The maximum absolute atomic E-state index is 13.8. The first-order valence-electron chi connectivity index (χ1n) is 13.6. The summed E-state index contributed by atoms with van der Waals surface area (Å²) in [5.74, 6) is -2.29. The van der Waals surface area contributed by atoms with Gasteiger partial charge in [0.15, 0.2) is 0 Å². The number of rotatable bonds is 11. The number of nitrogens with two attached hydrogens (primary N) is 1. The summed E-state index contributed by atoms with van der Waals surface area (Å²) in [7, 11) is -4.08. The molecule has 1 fully saturated rings. The molecule has 2 heterocycles. The summed E-state index contributed by atoms with van der Waals surface area (Å²) in [6.45, 7) is 0.600. The number of hydrogen-bond donors (Lipinski definition) is 4. The van der Waals surface area contributed by atoms with Gasteiger partial charge in [0.1, 0.15) is 12.1 Å². The van der Waals surface area contributed by atoms with Crippen molar-refractivity contribution in [3.05, 3.63) is 100 Å². The molecule has 3 amide bonds. The van der Waals surface area contributed by atoms with Crippen molar-refractivity contribution >= 4 is 39.3 Å². The van der Waals surface area contributed by atoms with E-state index in [0.29, 0.717) is 23.4 Å². The molecule has 228 valence electrons. The lowest BCUT2D eigenvalue weighted by Gasteiger charge is -2.28. The highest BCUT2D eigenvalue weighted by atomic mass is 35.5. The summed E-state index contributed by atoms with van der Waals surface area (Å²) in [4.78, 5) is 45.2. The number of nitrogens with one attached hydrogen (secondary N) is 2. The summed E-state index contributed by atoms with van der Waals surface area (Å²) in [5, 5.41) is 12.9. The average Bonchev–Trinajstić information content (AvgIpc) is 3.47. The summed E-state index contributed by atoms with van der Waals surface area (Å²) in [5.41, 5.74) is 7.85. The van der Waals surface area contributed by atoms with Crippen molar-refractivity contribution < 1.29 is 28.0 Å². The molecule has 12 nitrogen and oxygen atoms in total. The number of carbonyl (C=O) groups excluding carboxylic acids is 3. The van der Waals surface area contributed by atoms with Crippen molar-refractivity contribution in [2.75, 3.05) is 6.54 Å². The van der Waals surface area contributed by atoms with Crippen molar-refractivity contribution in [1.29, 1.82) is 0 Å². The number of hydrogen-bond acceptors (Lipinski definition) is 7. The molecule has 4 rings (SSSR count). The van der Waals surface area contributed by atoms with Gasteiger partial charge in [0.2, 0.25) is 27.7 Å². The van der Waals surface area contributed by atoms with E-state index < -0.39 is 52.0 Å². The number of pyridine rings is 1. The van der Waals surface area contributed by atoms with Gasteiger partial charge in [0, 0.05) is 37.1 Å². The zero-order valence-corrected chi connectivity index (χ0v) is 24.8. The molecule has 0 saturated carbocycles. The second kappa shape index (κ2) is 14.4. The lowest BCUT2D eigenvalue weighted by molar-refractivity contribution is -0.140. The van der Waals surface area contributed by atoms with Crippen LogP contribution in [0.5, 0.6) is 0 Å². The van der Waals surface area contributed by atoms with Crippen molar-refractivity contribution in [2.24, 2.45) is 10.7 Å². The van der Waals surface area contributed by atoms with Crippen LogP contribution in [-0.2, 0) is 43.2 Å². The number of nitrogens with zero attached hydrogens (tertiary/aromatic N) is 3. The first-order valence-corrected chi connectivity index (χ1v) is 15.6. The second-order valence-corrected chi connectivity index (χ2v) is 12.3. The third-order valence-corrected chi connectivity index (χ3v) is 8.52. The van der Waals surface area contributed by atoms with Gasteiger partial charge in [-0.05, 0) is 53.8 Å². The molecule has 0 radical (unpaired) electrons. The van der Waals surface area contributed by atoms with Gasteiger partial charge in [-0.2, -0.15) is 0 Å². The Balaban J connectivity index is 1.53. The molecule has 2 aromatic carbocycles. The largest absolute Gasteiger partial charge is 0.429 e. The molecule has 14 heteroatoms. The summed E-state index contributed by atoms with van der Waals surface area (Å²) >= 11 is 6.11. The van der Waals surface area contributed by atoms with E-state index in [1.165, 1.54) is 29.4 Å². The highest BCUT2D eigenvalue weighted by molar-refractivity contribution is 7.88. The molecule has 0 aliphatic carbocycles. The molecular formula is C29H33ClN6O6S. The van der Waals surface area contributed by atoms with Crippen LogP contribution in [0.4, 0.5) is 0 Å². The molecule has 1 saturated heterocycles. The Morgan fingerprint density at radius 3 is 2.49 bits per heavy atom. The Morgan fingerprint density at radius 2 is 1.79 bits per heavy atom. The standard InChI is InChI=1S/C29H33ClN6O6S/c30-23-9-8-21(17-31)22(15-23)18-32-28(38)26-7-4-12-36(26)29(39)25(16-27(37)33-24-10-13-35(40)14-11-24)34-43(41,42)19-20-5-2-1-3-6-20/h1-3,5-6,8-11,13-15,25-26,34,40H,4,7,12,16-19,31H2,(H,32,38)/t25-,26+/m1/s1. The van der Waals surface area contributed by atoms with Crippen LogP contribution in [0.3, 0.4) is 0 Å². The predicted octanol–water partition coefficient (Wildman–Crippen LogP) is 1.45. The van der Waals surface area contributed by atoms with Crippen molar-refractivity contribution in [3.63, 3.8) is 0 Å². The molecule has 0 bridgehead atoms. The minimum atomic E-state index is -4.08. The zero-order chi connectivity index (χ0) is 31.0. The topological polar surface area (TPSA) is 176 Å². The van der Waals surface area contributed by atoms with E-state index in [2.05, 4.69) is 15.0 Å². The number of likely N-dealkylation sites (tertiary alicyclic amines) is 1. The molecule has 43 heavy (non-hydrogen) atoms. The van der Waals surface area contributed by atoms with E-state index in [1.54, 1.807) is 48.5 Å².